The Kier molecular flexibility index (Phi) is 6.65. The fourth-order valence-corrected chi connectivity index (χ4v) is 2.74. The Morgan fingerprint density at radius 1 is 1.00 bits per heavy atom. The predicted molar refractivity (Wildman–Crippen MR) is 53.3 cm³/mol. The largest absolute Gasteiger partial charge is 0.411 e. The van der Waals surface area contributed by atoms with Gasteiger partial charge in [0.05, 0.1) is 0 Å². The molecule has 74 valence electrons. The molecular formula is C8H21NO2Si. The Labute approximate surface area is 76.1 Å². The van der Waals surface area contributed by atoms with Gasteiger partial charge in [0.15, 0.2) is 0 Å². The van der Waals surface area contributed by atoms with E-state index in [1.54, 1.807) is 0 Å². The second kappa shape index (κ2) is 6.60. The van der Waals surface area contributed by atoms with Gasteiger partial charge in [-0.1, -0.05) is 20.3 Å². The van der Waals surface area contributed by atoms with E-state index in [2.05, 4.69) is 12.2 Å². The fourth-order valence-electron chi connectivity index (χ4n) is 1.12. The van der Waals surface area contributed by atoms with Crippen molar-refractivity contribution < 1.29 is 9.59 Å². The number of hydrogen-bond acceptors (Lipinski definition) is 3. The molecule has 0 aromatic heterocycles. The maximum Gasteiger partial charge on any atom is 0.334 e. The highest BCUT2D eigenvalue weighted by molar-refractivity contribution is 6.64. The number of nitrogens with one attached hydrogen (secondary N) is 1. The minimum atomic E-state index is -2.82. The molecule has 0 bridgehead atoms. The van der Waals surface area contributed by atoms with Crippen LogP contribution in [0.3, 0.4) is 0 Å². The second-order valence-electron chi connectivity index (χ2n) is 3.23. The van der Waals surface area contributed by atoms with Crippen LogP contribution in [0.25, 0.3) is 0 Å². The van der Waals surface area contributed by atoms with E-state index in [0.717, 1.165) is 25.9 Å². The van der Waals surface area contributed by atoms with E-state index >= 15 is 0 Å². The van der Waals surface area contributed by atoms with E-state index in [0.29, 0.717) is 12.1 Å². The van der Waals surface area contributed by atoms with Crippen molar-refractivity contribution in [3.05, 3.63) is 0 Å². The Balaban J connectivity index is 3.33. The summed E-state index contributed by atoms with van der Waals surface area (Å²) < 4.78 is 0. The van der Waals surface area contributed by atoms with Crippen LogP contribution in [0.2, 0.25) is 12.1 Å². The maximum absolute atomic E-state index is 9.47. The highest BCUT2D eigenvalue weighted by atomic mass is 28.4. The lowest BCUT2D eigenvalue weighted by molar-refractivity contribution is 0.354. The minimum absolute atomic E-state index is 0.556. The van der Waals surface area contributed by atoms with Crippen molar-refractivity contribution in [2.45, 2.75) is 38.8 Å². The molecule has 0 fully saturated rings. The summed E-state index contributed by atoms with van der Waals surface area (Å²) in [6, 6.07) is 1.15. The fraction of sp³-hybridized carbons (Fsp3) is 1.00. The summed E-state index contributed by atoms with van der Waals surface area (Å²) in [5, 5.41) is 3.16. The number of hydrogen-bond donors (Lipinski definition) is 3. The van der Waals surface area contributed by atoms with E-state index in [4.69, 9.17) is 0 Å². The zero-order valence-corrected chi connectivity index (χ0v) is 9.14. The summed E-state index contributed by atoms with van der Waals surface area (Å²) in [6.07, 6.45) is 1.96. The standard InChI is InChI=1S/C8H21NO2Si/c1-3-5-9-6-8-12(10,11)7-4-2/h9-11H,3-8H2,1-2H3. The smallest absolute Gasteiger partial charge is 0.334 e. The molecule has 3 N–H and O–H groups in total. The van der Waals surface area contributed by atoms with Crippen LogP contribution in [0.1, 0.15) is 26.7 Å². The molecule has 0 saturated carbocycles. The van der Waals surface area contributed by atoms with Crippen LogP contribution in [0, 0.1) is 0 Å². The first-order chi connectivity index (χ1) is 5.62. The second-order valence-corrected chi connectivity index (χ2v) is 6.20. The highest BCUT2D eigenvalue weighted by Crippen LogP contribution is 2.09. The lowest BCUT2D eigenvalue weighted by Gasteiger charge is -2.16. The third kappa shape index (κ3) is 6.79. The molecule has 0 atom stereocenters. The molecule has 0 amide bonds. The summed E-state index contributed by atoms with van der Waals surface area (Å²) in [7, 11) is -2.82. The Hall–Kier alpha value is 0.0969. The van der Waals surface area contributed by atoms with E-state index in [1.807, 2.05) is 6.92 Å². The van der Waals surface area contributed by atoms with Gasteiger partial charge in [-0.25, -0.2) is 0 Å². The van der Waals surface area contributed by atoms with Crippen molar-refractivity contribution in [3.8, 4) is 0 Å². The first-order valence-corrected chi connectivity index (χ1v) is 7.08. The van der Waals surface area contributed by atoms with Gasteiger partial charge < -0.3 is 14.9 Å². The van der Waals surface area contributed by atoms with Crippen molar-refractivity contribution in [2.24, 2.45) is 0 Å². The normalized spacial score (nSPS) is 12.0. The summed E-state index contributed by atoms with van der Waals surface area (Å²) in [6.45, 7) is 5.79. The first-order valence-electron chi connectivity index (χ1n) is 4.78. The molecule has 0 aliphatic heterocycles. The van der Waals surface area contributed by atoms with Crippen molar-refractivity contribution in [3.63, 3.8) is 0 Å². The monoisotopic (exact) mass is 191 g/mol. The maximum atomic E-state index is 9.47. The Morgan fingerprint density at radius 2 is 1.67 bits per heavy atom. The highest BCUT2D eigenvalue weighted by Gasteiger charge is 2.26. The van der Waals surface area contributed by atoms with Crippen molar-refractivity contribution >= 4 is 8.56 Å². The summed E-state index contributed by atoms with van der Waals surface area (Å²) >= 11 is 0. The molecule has 12 heavy (non-hydrogen) atoms. The Bertz CT molecular complexity index is 109. The van der Waals surface area contributed by atoms with Crippen LogP contribution in [0.15, 0.2) is 0 Å². The topological polar surface area (TPSA) is 52.5 Å². The summed E-state index contributed by atoms with van der Waals surface area (Å²) in [5.41, 5.74) is 0. The molecule has 0 aliphatic rings. The van der Waals surface area contributed by atoms with Crippen LogP contribution in [-0.4, -0.2) is 31.2 Å². The van der Waals surface area contributed by atoms with Gasteiger partial charge in [0.25, 0.3) is 0 Å². The van der Waals surface area contributed by atoms with Gasteiger partial charge >= 0.3 is 8.56 Å². The van der Waals surface area contributed by atoms with Gasteiger partial charge in [-0.05, 0) is 25.6 Å². The van der Waals surface area contributed by atoms with Crippen molar-refractivity contribution in [1.82, 2.24) is 5.32 Å². The molecular weight excluding hydrogens is 170 g/mol. The van der Waals surface area contributed by atoms with Gasteiger partial charge in [0.2, 0.25) is 0 Å². The predicted octanol–water partition coefficient (Wildman–Crippen LogP) is 0.823. The molecule has 0 rings (SSSR count). The quantitative estimate of drug-likeness (QED) is 0.412. The van der Waals surface area contributed by atoms with Crippen molar-refractivity contribution in [1.29, 1.82) is 0 Å². The average Bonchev–Trinajstić information content (AvgIpc) is 1.98. The van der Waals surface area contributed by atoms with Gasteiger partial charge in [0.1, 0.15) is 0 Å². The van der Waals surface area contributed by atoms with Crippen LogP contribution in [0.4, 0.5) is 0 Å². The third-order valence-corrected chi connectivity index (χ3v) is 4.13. The lowest BCUT2D eigenvalue weighted by Crippen LogP contribution is -2.37. The third-order valence-electron chi connectivity index (χ3n) is 1.78. The molecule has 0 radical (unpaired) electrons. The molecule has 4 heteroatoms. The zero-order chi connectivity index (χ0) is 9.45. The van der Waals surface area contributed by atoms with Gasteiger partial charge in [0, 0.05) is 6.04 Å². The lowest BCUT2D eigenvalue weighted by atomic mass is 10.5. The van der Waals surface area contributed by atoms with Crippen LogP contribution in [-0.2, 0) is 0 Å². The van der Waals surface area contributed by atoms with E-state index in [1.165, 1.54) is 0 Å². The molecule has 0 saturated heterocycles. The Morgan fingerprint density at radius 3 is 2.17 bits per heavy atom. The van der Waals surface area contributed by atoms with Gasteiger partial charge in [-0.2, -0.15) is 0 Å². The summed E-state index contributed by atoms with van der Waals surface area (Å²) in [4.78, 5) is 18.9. The summed E-state index contributed by atoms with van der Waals surface area (Å²) in [5.74, 6) is 0. The molecule has 0 unspecified atom stereocenters. The van der Waals surface area contributed by atoms with Crippen molar-refractivity contribution in [2.75, 3.05) is 13.1 Å². The molecule has 0 aromatic carbocycles. The average molecular weight is 191 g/mol. The SMILES string of the molecule is CCCNCC[Si](O)(O)CCC. The van der Waals surface area contributed by atoms with Crippen LogP contribution in [0.5, 0.6) is 0 Å². The van der Waals surface area contributed by atoms with E-state index < -0.39 is 8.56 Å². The molecule has 0 heterocycles. The molecule has 0 spiro atoms. The minimum Gasteiger partial charge on any atom is -0.411 e. The van der Waals surface area contributed by atoms with E-state index in [9.17, 15) is 9.59 Å². The first kappa shape index (κ1) is 12.1. The molecule has 0 aromatic rings. The van der Waals surface area contributed by atoms with Gasteiger partial charge in [-0.3, -0.25) is 0 Å². The van der Waals surface area contributed by atoms with Crippen LogP contribution >= 0.6 is 0 Å². The molecule has 0 aliphatic carbocycles. The van der Waals surface area contributed by atoms with Gasteiger partial charge in [-0.15, -0.1) is 0 Å². The number of rotatable bonds is 7. The van der Waals surface area contributed by atoms with E-state index in [-0.39, 0.29) is 0 Å². The van der Waals surface area contributed by atoms with Crippen LogP contribution < -0.4 is 5.32 Å². The zero-order valence-electron chi connectivity index (χ0n) is 8.14. The molecule has 3 nitrogen and oxygen atoms in total.